The maximum absolute atomic E-state index is 12.5. The molecule has 0 N–H and O–H groups in total. The van der Waals surface area contributed by atoms with E-state index in [1.165, 1.54) is 37.4 Å². The Kier molecular flexibility index (Phi) is 4.68. The van der Waals surface area contributed by atoms with E-state index >= 15 is 0 Å². The molecule has 0 amide bonds. The summed E-state index contributed by atoms with van der Waals surface area (Å²) >= 11 is 1.26. The van der Waals surface area contributed by atoms with Crippen LogP contribution in [0.3, 0.4) is 0 Å². The average molecular weight is 337 g/mol. The topological polar surface area (TPSA) is 63.9 Å². The first-order chi connectivity index (χ1) is 11.0. The highest BCUT2D eigenvalue weighted by Crippen LogP contribution is 2.33. The summed E-state index contributed by atoms with van der Waals surface area (Å²) in [6.07, 6.45) is 4.93. The molecule has 6 nitrogen and oxygen atoms in total. The minimum Gasteiger partial charge on any atom is -0.466 e. The number of aromatic nitrogens is 1. The van der Waals surface area contributed by atoms with Crippen molar-refractivity contribution >= 4 is 23.4 Å². The highest BCUT2D eigenvalue weighted by atomic mass is 32.1. The quantitative estimate of drug-likeness (QED) is 0.739. The van der Waals surface area contributed by atoms with E-state index in [4.69, 9.17) is 0 Å². The number of esters is 1. The van der Waals surface area contributed by atoms with E-state index in [9.17, 15) is 9.59 Å². The van der Waals surface area contributed by atoms with Gasteiger partial charge in [0.2, 0.25) is 0 Å². The summed E-state index contributed by atoms with van der Waals surface area (Å²) in [5.74, 6) is 0.807. The Morgan fingerprint density at radius 3 is 2.91 bits per heavy atom. The highest BCUT2D eigenvalue weighted by molar-refractivity contribution is 7.07. The van der Waals surface area contributed by atoms with E-state index in [1.54, 1.807) is 4.57 Å². The molecule has 126 valence electrons. The van der Waals surface area contributed by atoms with Crippen LogP contribution in [0, 0.1) is 11.8 Å². The van der Waals surface area contributed by atoms with Crippen LogP contribution in [0.15, 0.2) is 9.79 Å². The van der Waals surface area contributed by atoms with Crippen LogP contribution in [0.1, 0.15) is 33.1 Å². The second-order valence-electron chi connectivity index (χ2n) is 6.51. The molecule has 0 spiro atoms. The van der Waals surface area contributed by atoms with Crippen LogP contribution in [0.25, 0.3) is 6.08 Å². The lowest BCUT2D eigenvalue weighted by Gasteiger charge is -2.41. The first kappa shape index (κ1) is 16.4. The third-order valence-electron chi connectivity index (χ3n) is 5.18. The third kappa shape index (κ3) is 3.12. The van der Waals surface area contributed by atoms with Crippen molar-refractivity contribution in [2.75, 3.05) is 13.8 Å². The van der Waals surface area contributed by atoms with Gasteiger partial charge >= 0.3 is 5.97 Å². The summed E-state index contributed by atoms with van der Waals surface area (Å²) in [6, 6.07) is 0.468. The molecule has 7 heteroatoms. The number of methoxy groups -OCH3 is 1. The van der Waals surface area contributed by atoms with E-state index in [1.807, 2.05) is 0 Å². The van der Waals surface area contributed by atoms with Gasteiger partial charge in [0.1, 0.15) is 4.53 Å². The maximum atomic E-state index is 12.5. The van der Waals surface area contributed by atoms with Gasteiger partial charge in [-0.3, -0.25) is 14.3 Å². The molecule has 1 aromatic rings. The minimum atomic E-state index is -0.507. The molecule has 3 atom stereocenters. The van der Waals surface area contributed by atoms with E-state index in [-0.39, 0.29) is 5.56 Å². The van der Waals surface area contributed by atoms with Crippen molar-refractivity contribution < 1.29 is 9.53 Å². The number of fused-ring (bicyclic) bond motifs is 1. The van der Waals surface area contributed by atoms with Gasteiger partial charge in [0.05, 0.1) is 20.4 Å². The molecule has 0 saturated heterocycles. The zero-order valence-corrected chi connectivity index (χ0v) is 14.6. The number of rotatable bonds is 2. The lowest BCUT2D eigenvalue weighted by molar-refractivity contribution is -0.133. The van der Waals surface area contributed by atoms with Gasteiger partial charge in [-0.05, 0) is 18.3 Å². The van der Waals surface area contributed by atoms with Gasteiger partial charge in [0.15, 0.2) is 4.80 Å². The predicted molar refractivity (Wildman–Crippen MR) is 88.5 cm³/mol. The van der Waals surface area contributed by atoms with E-state index in [0.717, 1.165) is 6.42 Å². The Morgan fingerprint density at radius 2 is 2.17 bits per heavy atom. The van der Waals surface area contributed by atoms with Gasteiger partial charge in [0, 0.05) is 12.1 Å². The Labute approximate surface area is 139 Å². The molecule has 2 aliphatic rings. The summed E-state index contributed by atoms with van der Waals surface area (Å²) in [6.45, 7) is 5.80. The molecular weight excluding hydrogens is 314 g/mol. The van der Waals surface area contributed by atoms with Crippen LogP contribution in [-0.2, 0) is 16.2 Å². The Morgan fingerprint density at radius 1 is 1.39 bits per heavy atom. The Bertz CT molecular complexity index is 767. The molecule has 1 aromatic heterocycles. The van der Waals surface area contributed by atoms with Crippen LogP contribution in [0.5, 0.6) is 0 Å². The van der Waals surface area contributed by atoms with Crippen LogP contribution < -0.4 is 14.9 Å². The van der Waals surface area contributed by atoms with Gasteiger partial charge in [-0.1, -0.05) is 38.0 Å². The molecule has 1 saturated carbocycles. The zero-order valence-electron chi connectivity index (χ0n) is 13.8. The maximum Gasteiger partial charge on any atom is 0.332 e. The molecule has 23 heavy (non-hydrogen) atoms. The predicted octanol–water partition coefficient (Wildman–Crippen LogP) is 0.538. The molecule has 2 heterocycles. The van der Waals surface area contributed by atoms with Gasteiger partial charge in [0.25, 0.3) is 5.56 Å². The number of carbonyl (C=O) groups excluding carboxylic acids is 1. The van der Waals surface area contributed by atoms with Crippen molar-refractivity contribution in [2.24, 2.45) is 16.8 Å². The Balaban J connectivity index is 1.88. The normalized spacial score (nSPS) is 29.0. The van der Waals surface area contributed by atoms with Crippen LogP contribution >= 0.6 is 11.3 Å². The van der Waals surface area contributed by atoms with E-state index in [2.05, 4.69) is 28.5 Å². The second kappa shape index (κ2) is 6.57. The molecule has 1 aliphatic heterocycles. The smallest absolute Gasteiger partial charge is 0.332 e. The van der Waals surface area contributed by atoms with Crippen molar-refractivity contribution in [3.63, 3.8) is 0 Å². The fraction of sp³-hybridized carbons (Fsp3) is 0.688. The zero-order chi connectivity index (χ0) is 16.6. The Hall–Kier alpha value is -1.47. The average Bonchev–Trinajstić information content (AvgIpc) is 2.85. The number of ether oxygens (including phenoxy) is 1. The van der Waals surface area contributed by atoms with Gasteiger partial charge in [-0.2, -0.15) is 0 Å². The van der Waals surface area contributed by atoms with Crippen molar-refractivity contribution in [3.05, 3.63) is 19.7 Å². The fourth-order valence-electron chi connectivity index (χ4n) is 3.57. The summed E-state index contributed by atoms with van der Waals surface area (Å²) in [5, 5.41) is 0. The number of hydrogen-bond donors (Lipinski definition) is 0. The van der Waals surface area contributed by atoms with E-state index in [0.29, 0.717) is 40.5 Å². The van der Waals surface area contributed by atoms with Crippen molar-refractivity contribution in [2.45, 2.75) is 45.8 Å². The van der Waals surface area contributed by atoms with Crippen LogP contribution in [0.4, 0.5) is 0 Å². The third-order valence-corrected chi connectivity index (χ3v) is 6.23. The van der Waals surface area contributed by atoms with Crippen molar-refractivity contribution in [3.8, 4) is 0 Å². The minimum absolute atomic E-state index is 0.152. The van der Waals surface area contributed by atoms with Gasteiger partial charge in [-0.15, -0.1) is 0 Å². The summed E-state index contributed by atoms with van der Waals surface area (Å²) in [5.41, 5.74) is -0.152. The standard InChI is InChI=1S/C16H23N3O3S/c1-10-5-4-6-12(11(10)2)18-8-17-16-19(9-18)15(21)13(23-16)7-14(20)22-3/h7,10-12H,4-6,8-9H2,1-3H3/b13-7+/t10-,11+,12+/m1/s1. The molecule has 0 unspecified atom stereocenters. The van der Waals surface area contributed by atoms with E-state index < -0.39 is 5.97 Å². The SMILES string of the molecule is COC(=O)/C=c1/sc2n(c1=O)CN([C@H]1CCC[C@@H](C)[C@@H]1C)CN=2. The molecule has 0 bridgehead atoms. The number of hydrogen-bond acceptors (Lipinski definition) is 6. The molecular formula is C16H23N3O3S. The molecule has 1 fully saturated rings. The summed E-state index contributed by atoms with van der Waals surface area (Å²) in [4.78, 5) is 31.4. The van der Waals surface area contributed by atoms with Gasteiger partial charge < -0.3 is 4.74 Å². The largest absolute Gasteiger partial charge is 0.466 e. The van der Waals surface area contributed by atoms with Crippen LogP contribution in [-0.4, -0.2) is 35.3 Å². The monoisotopic (exact) mass is 337 g/mol. The molecule has 3 rings (SSSR count). The molecule has 1 aliphatic carbocycles. The number of thiazole rings is 1. The lowest BCUT2D eigenvalue weighted by Crippen LogP contribution is -2.50. The van der Waals surface area contributed by atoms with Gasteiger partial charge in [-0.25, -0.2) is 9.79 Å². The summed E-state index contributed by atoms with van der Waals surface area (Å²) < 4.78 is 6.67. The fourth-order valence-corrected chi connectivity index (χ4v) is 4.50. The number of nitrogens with zero attached hydrogens (tertiary/aromatic N) is 3. The first-order valence-corrected chi connectivity index (χ1v) is 8.90. The lowest BCUT2D eigenvalue weighted by atomic mass is 9.77. The second-order valence-corrected chi connectivity index (χ2v) is 7.52. The molecule has 0 radical (unpaired) electrons. The van der Waals surface area contributed by atoms with Crippen LogP contribution in [0.2, 0.25) is 0 Å². The molecule has 0 aromatic carbocycles. The number of carbonyl (C=O) groups is 1. The van der Waals surface area contributed by atoms with Crippen molar-refractivity contribution in [1.82, 2.24) is 9.47 Å². The van der Waals surface area contributed by atoms with Crippen molar-refractivity contribution in [1.29, 1.82) is 0 Å². The first-order valence-electron chi connectivity index (χ1n) is 8.09. The highest BCUT2D eigenvalue weighted by Gasteiger charge is 2.32. The summed E-state index contributed by atoms with van der Waals surface area (Å²) in [7, 11) is 1.31.